The van der Waals surface area contributed by atoms with Gasteiger partial charge in [0.05, 0.1) is 24.8 Å². The Morgan fingerprint density at radius 1 is 1.27 bits per heavy atom. The lowest BCUT2D eigenvalue weighted by atomic mass is 10.0. The Balaban J connectivity index is 2.11. The average Bonchev–Trinajstić information content (AvgIpc) is 3.11. The summed E-state index contributed by atoms with van der Waals surface area (Å²) in [5, 5.41) is 4.13. The van der Waals surface area contributed by atoms with Gasteiger partial charge < -0.3 is 9.47 Å². The highest BCUT2D eigenvalue weighted by Crippen LogP contribution is 2.34. The average molecular weight is 416 g/mol. The van der Waals surface area contributed by atoms with Crippen LogP contribution in [0, 0.1) is 5.82 Å². The third-order valence-electron chi connectivity index (χ3n) is 4.26. The van der Waals surface area contributed by atoms with Crippen molar-refractivity contribution in [3.05, 3.63) is 53.2 Å². The van der Waals surface area contributed by atoms with Crippen molar-refractivity contribution in [2.24, 2.45) is 0 Å². The molecule has 9 nitrogen and oxygen atoms in total. The monoisotopic (exact) mass is 416 g/mol. The molecule has 1 amide bonds. The summed E-state index contributed by atoms with van der Waals surface area (Å²) in [6, 6.07) is 4.12. The van der Waals surface area contributed by atoms with Crippen LogP contribution in [0.1, 0.15) is 53.0 Å². The van der Waals surface area contributed by atoms with Crippen LogP contribution in [-0.4, -0.2) is 40.2 Å². The first kappa shape index (κ1) is 21.2. The zero-order chi connectivity index (χ0) is 21.8. The van der Waals surface area contributed by atoms with Gasteiger partial charge in [0.1, 0.15) is 11.8 Å². The van der Waals surface area contributed by atoms with Gasteiger partial charge in [0, 0.05) is 11.8 Å². The van der Waals surface area contributed by atoms with Gasteiger partial charge in [-0.2, -0.15) is 10.1 Å². The number of carbonyl (C=O) groups is 2. The van der Waals surface area contributed by atoms with Gasteiger partial charge in [0.15, 0.2) is 11.6 Å². The third-order valence-corrected chi connectivity index (χ3v) is 4.26. The topological polar surface area (TPSA) is 104 Å². The second kappa shape index (κ2) is 8.87. The second-order valence-corrected chi connectivity index (χ2v) is 6.55. The minimum Gasteiger partial charge on any atom is -0.462 e. The maximum atomic E-state index is 14.9. The van der Waals surface area contributed by atoms with Gasteiger partial charge in [0.2, 0.25) is 5.88 Å². The largest absolute Gasteiger partial charge is 0.462 e. The Labute approximate surface area is 171 Å². The van der Waals surface area contributed by atoms with E-state index in [4.69, 9.17) is 9.47 Å². The molecule has 2 heterocycles. The summed E-state index contributed by atoms with van der Waals surface area (Å²) in [5.41, 5.74) is 3.14. The Hall–Kier alpha value is -3.53. The van der Waals surface area contributed by atoms with E-state index in [1.54, 1.807) is 6.92 Å². The number of nitrogens with one attached hydrogen (secondary N) is 1. The lowest BCUT2D eigenvalue weighted by Gasteiger charge is -2.12. The first-order chi connectivity index (χ1) is 14.4. The number of halogens is 1. The van der Waals surface area contributed by atoms with Crippen molar-refractivity contribution in [1.82, 2.24) is 20.1 Å². The highest BCUT2D eigenvalue weighted by molar-refractivity contribution is 5.95. The molecule has 30 heavy (non-hydrogen) atoms. The van der Waals surface area contributed by atoms with E-state index in [0.717, 1.165) is 0 Å². The van der Waals surface area contributed by atoms with E-state index in [2.05, 4.69) is 20.4 Å². The van der Waals surface area contributed by atoms with E-state index < -0.39 is 17.7 Å². The maximum absolute atomic E-state index is 14.9. The Kier molecular flexibility index (Phi) is 6.26. The first-order valence-corrected chi connectivity index (χ1v) is 9.22. The van der Waals surface area contributed by atoms with Crippen LogP contribution in [0.15, 0.2) is 30.7 Å². The van der Waals surface area contributed by atoms with Crippen LogP contribution in [0.4, 0.5) is 4.39 Å². The van der Waals surface area contributed by atoms with Gasteiger partial charge in [-0.1, -0.05) is 19.9 Å². The molecular weight excluding hydrogens is 395 g/mol. The molecule has 0 saturated heterocycles. The number of hydrogen-bond acceptors (Lipinski definition) is 7. The summed E-state index contributed by atoms with van der Waals surface area (Å²) < 4.78 is 27.1. The molecule has 0 aliphatic carbocycles. The Morgan fingerprint density at radius 3 is 2.70 bits per heavy atom. The molecule has 0 atom stereocenters. The highest BCUT2D eigenvalue weighted by atomic mass is 19.1. The molecule has 0 fully saturated rings. The number of fused-ring (bicyclic) bond motifs is 1. The summed E-state index contributed by atoms with van der Waals surface area (Å²) in [6.07, 6.45) is 2.75. The quantitative estimate of drug-likeness (QED) is 0.466. The number of ether oxygens (including phenoxy) is 2. The van der Waals surface area contributed by atoms with Crippen molar-refractivity contribution in [2.75, 3.05) is 13.7 Å². The molecule has 1 N–H and O–H groups in total. The molecule has 10 heteroatoms. The van der Waals surface area contributed by atoms with Gasteiger partial charge in [-0.05, 0) is 25.0 Å². The van der Waals surface area contributed by atoms with Crippen LogP contribution < -0.4 is 10.2 Å². The third kappa shape index (κ3) is 3.94. The van der Waals surface area contributed by atoms with E-state index in [1.165, 1.54) is 42.3 Å². The molecule has 0 spiro atoms. The predicted octanol–water partition coefficient (Wildman–Crippen LogP) is 3.25. The van der Waals surface area contributed by atoms with Gasteiger partial charge in [-0.25, -0.2) is 19.2 Å². The van der Waals surface area contributed by atoms with Crippen molar-refractivity contribution >= 4 is 17.4 Å². The Bertz CT molecular complexity index is 1100. The molecule has 0 aliphatic heterocycles. The van der Waals surface area contributed by atoms with Crippen LogP contribution in [-0.2, 0) is 9.57 Å². The summed E-state index contributed by atoms with van der Waals surface area (Å²) >= 11 is 0. The first-order valence-electron chi connectivity index (χ1n) is 9.22. The number of hydroxylamine groups is 1. The standard InChI is InChI=1S/C20H21FN4O5/c1-5-29-20(27)13-9-25-17(15(13)11(2)3)19(22-10-23-25)30-14-8-6-7-12(16(14)21)18(26)24-28-4/h6-11H,5H2,1-4H3,(H,24,26). The van der Waals surface area contributed by atoms with Crippen molar-refractivity contribution in [2.45, 2.75) is 26.7 Å². The fourth-order valence-corrected chi connectivity index (χ4v) is 3.05. The van der Waals surface area contributed by atoms with Crippen molar-refractivity contribution < 1.29 is 28.3 Å². The molecule has 158 valence electrons. The van der Waals surface area contributed by atoms with E-state index in [-0.39, 0.29) is 29.7 Å². The summed E-state index contributed by atoms with van der Waals surface area (Å²) in [5.74, 6) is -2.43. The number of carbonyl (C=O) groups excluding carboxylic acids is 2. The summed E-state index contributed by atoms with van der Waals surface area (Å²) in [6.45, 7) is 5.72. The smallest absolute Gasteiger partial charge is 0.340 e. The molecule has 0 bridgehead atoms. The molecule has 2 aromatic heterocycles. The Morgan fingerprint density at radius 2 is 2.03 bits per heavy atom. The van der Waals surface area contributed by atoms with E-state index in [0.29, 0.717) is 16.6 Å². The molecule has 1 aromatic carbocycles. The number of rotatable bonds is 7. The summed E-state index contributed by atoms with van der Waals surface area (Å²) in [4.78, 5) is 33.0. The maximum Gasteiger partial charge on any atom is 0.340 e. The van der Waals surface area contributed by atoms with Crippen molar-refractivity contribution in [3.63, 3.8) is 0 Å². The van der Waals surface area contributed by atoms with Crippen LogP contribution in [0.5, 0.6) is 11.6 Å². The predicted molar refractivity (Wildman–Crippen MR) is 104 cm³/mol. The molecule has 3 aromatic rings. The van der Waals surface area contributed by atoms with Gasteiger partial charge >= 0.3 is 5.97 Å². The fourth-order valence-electron chi connectivity index (χ4n) is 3.05. The van der Waals surface area contributed by atoms with Crippen molar-refractivity contribution in [3.8, 4) is 11.6 Å². The lowest BCUT2D eigenvalue weighted by Crippen LogP contribution is -2.23. The van der Waals surface area contributed by atoms with Crippen LogP contribution in [0.25, 0.3) is 5.52 Å². The van der Waals surface area contributed by atoms with E-state index in [1.807, 2.05) is 13.8 Å². The summed E-state index contributed by atoms with van der Waals surface area (Å²) in [7, 11) is 1.25. The molecule has 0 aliphatic rings. The van der Waals surface area contributed by atoms with E-state index >= 15 is 0 Å². The number of amides is 1. The van der Waals surface area contributed by atoms with Gasteiger partial charge in [-0.15, -0.1) is 0 Å². The van der Waals surface area contributed by atoms with Gasteiger partial charge in [0.25, 0.3) is 5.91 Å². The number of aromatic nitrogens is 3. The number of esters is 1. The minimum atomic E-state index is -0.882. The van der Waals surface area contributed by atoms with Crippen LogP contribution in [0.2, 0.25) is 0 Å². The molecular formula is C20H21FN4O5. The van der Waals surface area contributed by atoms with Crippen LogP contribution >= 0.6 is 0 Å². The lowest BCUT2D eigenvalue weighted by molar-refractivity contribution is 0.0521. The van der Waals surface area contributed by atoms with Crippen LogP contribution in [0.3, 0.4) is 0 Å². The number of hydrogen-bond donors (Lipinski definition) is 1. The normalized spacial score (nSPS) is 11.0. The minimum absolute atomic E-state index is 0.0347. The van der Waals surface area contributed by atoms with E-state index in [9.17, 15) is 14.0 Å². The molecule has 0 unspecified atom stereocenters. The number of benzene rings is 1. The zero-order valence-electron chi connectivity index (χ0n) is 16.9. The SMILES string of the molecule is CCOC(=O)c1cn2ncnc(Oc3cccc(C(=O)NOC)c3F)c2c1C(C)C. The molecule has 3 rings (SSSR count). The molecule has 0 saturated carbocycles. The van der Waals surface area contributed by atoms with Gasteiger partial charge in [-0.3, -0.25) is 9.63 Å². The fraction of sp³-hybridized carbons (Fsp3) is 0.300. The highest BCUT2D eigenvalue weighted by Gasteiger charge is 2.25. The number of nitrogens with zero attached hydrogens (tertiary/aromatic N) is 3. The van der Waals surface area contributed by atoms with Crippen molar-refractivity contribution in [1.29, 1.82) is 0 Å². The molecule has 0 radical (unpaired) electrons. The second-order valence-electron chi connectivity index (χ2n) is 6.55. The zero-order valence-corrected chi connectivity index (χ0v) is 16.9.